The fourth-order valence-corrected chi connectivity index (χ4v) is 4.46. The molecule has 1 aliphatic rings. The Bertz CT molecular complexity index is 1150. The number of hydrogen-bond donors (Lipinski definition) is 1. The van der Waals surface area contributed by atoms with Crippen LogP contribution in [0.3, 0.4) is 0 Å². The Balaban J connectivity index is 1.54. The van der Waals surface area contributed by atoms with Gasteiger partial charge in [-0.15, -0.1) is 0 Å². The molecule has 172 valence electrons. The van der Waals surface area contributed by atoms with Crippen molar-refractivity contribution in [2.24, 2.45) is 11.8 Å². The molecule has 0 unspecified atom stereocenters. The van der Waals surface area contributed by atoms with Gasteiger partial charge in [0, 0.05) is 17.7 Å². The third kappa shape index (κ3) is 5.93. The van der Waals surface area contributed by atoms with Crippen LogP contribution in [0.15, 0.2) is 59.4 Å². The summed E-state index contributed by atoms with van der Waals surface area (Å²) in [5, 5.41) is 13.5. The molecule has 0 aliphatic heterocycles. The molecule has 0 bridgehead atoms. The van der Waals surface area contributed by atoms with E-state index >= 15 is 0 Å². The average molecular weight is 448 g/mol. The molecule has 0 radical (unpaired) electrons. The molecular weight excluding hydrogens is 418 g/mol. The van der Waals surface area contributed by atoms with Crippen molar-refractivity contribution in [3.63, 3.8) is 0 Å². The molecule has 1 N–H and O–H groups in total. The summed E-state index contributed by atoms with van der Waals surface area (Å²) in [6, 6.07) is 17.8. The second-order valence-electron chi connectivity index (χ2n) is 8.80. The number of carboxylic acids is 1. The number of rotatable bonds is 8. The molecule has 3 aromatic rings. The van der Waals surface area contributed by atoms with Gasteiger partial charge < -0.3 is 9.84 Å². The van der Waals surface area contributed by atoms with Crippen LogP contribution in [0.5, 0.6) is 0 Å². The van der Waals surface area contributed by atoms with Gasteiger partial charge in [-0.05, 0) is 50.5 Å². The van der Waals surface area contributed by atoms with Crippen LogP contribution < -0.4 is 5.69 Å². The second-order valence-corrected chi connectivity index (χ2v) is 8.80. The fraction of sp³-hybridized carbons (Fsp3) is 0.385. The summed E-state index contributed by atoms with van der Waals surface area (Å²) < 4.78 is 6.77. The lowest BCUT2D eigenvalue weighted by molar-refractivity contribution is -0.142. The van der Waals surface area contributed by atoms with E-state index in [-0.39, 0.29) is 12.3 Å². The molecule has 0 saturated heterocycles. The van der Waals surface area contributed by atoms with Gasteiger partial charge in [0.05, 0.1) is 6.61 Å². The summed E-state index contributed by atoms with van der Waals surface area (Å²) >= 11 is 0. The molecule has 0 atom stereocenters. The van der Waals surface area contributed by atoms with Crippen molar-refractivity contribution in [3.8, 4) is 22.5 Å². The lowest BCUT2D eigenvalue weighted by Crippen LogP contribution is -2.31. The van der Waals surface area contributed by atoms with Gasteiger partial charge in [-0.2, -0.15) is 10.1 Å². The molecule has 7 nitrogen and oxygen atoms in total. The first-order valence-electron chi connectivity index (χ1n) is 11.4. The number of ether oxygens (including phenoxy) is 1. The van der Waals surface area contributed by atoms with E-state index in [0.717, 1.165) is 42.4 Å². The van der Waals surface area contributed by atoms with E-state index in [1.807, 2.05) is 61.5 Å². The van der Waals surface area contributed by atoms with Crippen LogP contribution in [-0.4, -0.2) is 39.1 Å². The minimum absolute atomic E-state index is 0.250. The number of benzene rings is 2. The predicted molar refractivity (Wildman–Crippen MR) is 126 cm³/mol. The van der Waals surface area contributed by atoms with Crippen molar-refractivity contribution in [1.82, 2.24) is 14.8 Å². The lowest BCUT2D eigenvalue weighted by atomic mass is 9.82. The Hall–Kier alpha value is -3.32. The highest BCUT2D eigenvalue weighted by Gasteiger charge is 2.23. The van der Waals surface area contributed by atoms with E-state index in [9.17, 15) is 9.59 Å². The van der Waals surface area contributed by atoms with Gasteiger partial charge in [0.2, 0.25) is 0 Å². The molecule has 1 saturated carbocycles. The maximum Gasteiger partial charge on any atom is 0.364 e. The monoisotopic (exact) mass is 447 g/mol. The Labute approximate surface area is 193 Å². The highest BCUT2D eigenvalue weighted by Crippen LogP contribution is 2.31. The molecule has 0 amide bonds. The summed E-state index contributed by atoms with van der Waals surface area (Å²) in [5.74, 6) is -0.238. The molecule has 1 aliphatic carbocycles. The van der Waals surface area contributed by atoms with Gasteiger partial charge in [0.25, 0.3) is 0 Å². The number of nitrogens with zero attached hydrogens (tertiary/aromatic N) is 3. The molecular formula is C26H29N3O4. The molecule has 4 rings (SSSR count). The van der Waals surface area contributed by atoms with E-state index in [2.05, 4.69) is 4.98 Å². The number of carbonyl (C=O) groups is 1. The van der Waals surface area contributed by atoms with E-state index in [1.165, 1.54) is 4.68 Å². The molecule has 0 spiro atoms. The first-order valence-corrected chi connectivity index (χ1v) is 11.4. The minimum atomic E-state index is -0.940. The third-order valence-corrected chi connectivity index (χ3v) is 6.19. The quantitative estimate of drug-likeness (QED) is 0.556. The van der Waals surface area contributed by atoms with Gasteiger partial charge in [0.15, 0.2) is 0 Å². The van der Waals surface area contributed by atoms with Crippen LogP contribution in [0.4, 0.5) is 0 Å². The van der Waals surface area contributed by atoms with Crippen molar-refractivity contribution in [2.45, 2.75) is 39.2 Å². The Morgan fingerprint density at radius 2 is 1.70 bits per heavy atom. The number of carboxylic acid groups (broad SMARTS) is 1. The maximum absolute atomic E-state index is 12.9. The van der Waals surface area contributed by atoms with Gasteiger partial charge in [-0.3, -0.25) is 0 Å². The topological polar surface area (TPSA) is 94.3 Å². The third-order valence-electron chi connectivity index (χ3n) is 6.19. The molecule has 2 aromatic carbocycles. The SMILES string of the molecule is Cc1cccc(-c2nc(=O)n(CC3CCC(COCC(=O)O)CC3)nc2-c2ccccc2)c1. The second kappa shape index (κ2) is 10.5. The van der Waals surface area contributed by atoms with Crippen molar-refractivity contribution in [3.05, 3.63) is 70.6 Å². The number of aromatic nitrogens is 3. The average Bonchev–Trinajstić information content (AvgIpc) is 2.81. The van der Waals surface area contributed by atoms with E-state index in [4.69, 9.17) is 14.9 Å². The Morgan fingerprint density at radius 1 is 1.00 bits per heavy atom. The number of hydrogen-bond acceptors (Lipinski definition) is 5. The first-order chi connectivity index (χ1) is 16.0. The van der Waals surface area contributed by atoms with E-state index in [0.29, 0.717) is 36.4 Å². The smallest absolute Gasteiger partial charge is 0.364 e. The molecule has 33 heavy (non-hydrogen) atoms. The summed E-state index contributed by atoms with van der Waals surface area (Å²) in [4.78, 5) is 28.0. The number of aliphatic carboxylic acids is 1. The molecule has 1 fully saturated rings. The fourth-order valence-electron chi connectivity index (χ4n) is 4.46. The molecule has 1 heterocycles. The minimum Gasteiger partial charge on any atom is -0.480 e. The van der Waals surface area contributed by atoms with Crippen LogP contribution in [0.2, 0.25) is 0 Å². The standard InChI is InChI=1S/C26H29N3O4/c1-18-6-5-9-22(14-18)24-25(21-7-3-2-4-8-21)28-29(26(32)27-24)15-19-10-12-20(13-11-19)16-33-17-23(30)31/h2-9,14,19-20H,10-13,15-17H2,1H3,(H,30,31). The van der Waals surface area contributed by atoms with Crippen LogP contribution in [0.1, 0.15) is 31.2 Å². The van der Waals surface area contributed by atoms with E-state index in [1.54, 1.807) is 0 Å². The maximum atomic E-state index is 12.9. The van der Waals surface area contributed by atoms with Crippen molar-refractivity contribution in [1.29, 1.82) is 0 Å². The van der Waals surface area contributed by atoms with Gasteiger partial charge >= 0.3 is 11.7 Å². The van der Waals surface area contributed by atoms with Crippen LogP contribution in [0.25, 0.3) is 22.5 Å². The largest absolute Gasteiger partial charge is 0.480 e. The number of aryl methyl sites for hydroxylation is 1. The van der Waals surface area contributed by atoms with Gasteiger partial charge in [-0.1, -0.05) is 54.1 Å². The normalized spacial score (nSPS) is 18.2. The molecule has 7 heteroatoms. The highest BCUT2D eigenvalue weighted by atomic mass is 16.5. The van der Waals surface area contributed by atoms with Crippen molar-refractivity contribution in [2.75, 3.05) is 13.2 Å². The van der Waals surface area contributed by atoms with Crippen molar-refractivity contribution >= 4 is 5.97 Å². The first kappa shape index (κ1) is 22.9. The summed E-state index contributed by atoms with van der Waals surface area (Å²) in [6.45, 7) is 2.77. The van der Waals surface area contributed by atoms with E-state index < -0.39 is 5.97 Å². The lowest BCUT2D eigenvalue weighted by Gasteiger charge is -2.28. The zero-order valence-electron chi connectivity index (χ0n) is 18.8. The van der Waals surface area contributed by atoms with Crippen LogP contribution in [-0.2, 0) is 16.1 Å². The summed E-state index contributed by atoms with van der Waals surface area (Å²) in [7, 11) is 0. The summed E-state index contributed by atoms with van der Waals surface area (Å²) in [6.07, 6.45) is 3.82. The van der Waals surface area contributed by atoms with Crippen molar-refractivity contribution < 1.29 is 14.6 Å². The predicted octanol–water partition coefficient (Wildman–Crippen LogP) is 4.19. The van der Waals surface area contributed by atoms with Gasteiger partial charge in [0.1, 0.15) is 18.0 Å². The zero-order valence-corrected chi connectivity index (χ0v) is 18.8. The van der Waals surface area contributed by atoms with Crippen LogP contribution >= 0.6 is 0 Å². The zero-order chi connectivity index (χ0) is 23.2. The Morgan fingerprint density at radius 3 is 2.39 bits per heavy atom. The molecule has 1 aromatic heterocycles. The van der Waals surface area contributed by atoms with Gasteiger partial charge in [-0.25, -0.2) is 14.3 Å². The Kier molecular flexibility index (Phi) is 7.29. The van der Waals surface area contributed by atoms with Crippen LogP contribution in [0, 0.1) is 18.8 Å². The highest BCUT2D eigenvalue weighted by molar-refractivity contribution is 5.77. The summed E-state index contributed by atoms with van der Waals surface area (Å²) in [5.41, 5.74) is 3.88.